The Labute approximate surface area is 199 Å². The average molecular weight is 531 g/mol. The SMILES string of the molecule is NS(=O)(=O)c1c(F)c(F)c(S(=O)(=O)CCO)c(N[C@@H](c2ccccc2)[C@H](O)c2ccccc2)c1F. The second-order valence-electron chi connectivity index (χ2n) is 7.45. The van der Waals surface area contributed by atoms with Crippen molar-refractivity contribution in [1.29, 1.82) is 0 Å². The molecule has 35 heavy (non-hydrogen) atoms. The van der Waals surface area contributed by atoms with Gasteiger partial charge >= 0.3 is 0 Å². The lowest BCUT2D eigenvalue weighted by Crippen LogP contribution is -2.26. The molecule has 2 atom stereocenters. The molecule has 0 saturated heterocycles. The van der Waals surface area contributed by atoms with Crippen LogP contribution in [0.5, 0.6) is 0 Å². The minimum atomic E-state index is -5.19. The zero-order valence-corrected chi connectivity index (χ0v) is 19.5. The van der Waals surface area contributed by atoms with E-state index in [1.165, 1.54) is 24.3 Å². The molecule has 3 aromatic carbocycles. The lowest BCUT2D eigenvalue weighted by molar-refractivity contribution is 0.154. The van der Waals surface area contributed by atoms with E-state index in [1.807, 2.05) is 0 Å². The minimum Gasteiger partial charge on any atom is -0.395 e. The van der Waals surface area contributed by atoms with Gasteiger partial charge in [-0.05, 0) is 11.1 Å². The Balaban J connectivity index is 2.34. The number of aliphatic hydroxyl groups excluding tert-OH is 2. The minimum absolute atomic E-state index is 0.274. The van der Waals surface area contributed by atoms with Crippen molar-refractivity contribution >= 4 is 25.5 Å². The Kier molecular flexibility index (Phi) is 7.87. The number of sulfonamides is 1. The Morgan fingerprint density at radius 1 is 0.800 bits per heavy atom. The number of nitrogens with one attached hydrogen (secondary N) is 1. The molecule has 13 heteroatoms. The Hall–Kier alpha value is -2.97. The van der Waals surface area contributed by atoms with Gasteiger partial charge < -0.3 is 15.5 Å². The molecule has 0 aliphatic rings. The fourth-order valence-corrected chi connectivity index (χ4v) is 5.47. The van der Waals surface area contributed by atoms with Gasteiger partial charge in [0.25, 0.3) is 0 Å². The molecule has 0 saturated carbocycles. The number of nitrogens with two attached hydrogens (primary N) is 1. The lowest BCUT2D eigenvalue weighted by Gasteiger charge is -2.28. The van der Waals surface area contributed by atoms with E-state index in [0.29, 0.717) is 5.56 Å². The van der Waals surface area contributed by atoms with Gasteiger partial charge in [-0.15, -0.1) is 0 Å². The van der Waals surface area contributed by atoms with Crippen LogP contribution in [0.2, 0.25) is 0 Å². The number of rotatable bonds is 9. The van der Waals surface area contributed by atoms with Crippen LogP contribution in [0, 0.1) is 17.5 Å². The fourth-order valence-electron chi connectivity index (χ4n) is 3.51. The third-order valence-corrected chi connectivity index (χ3v) is 7.76. The quantitative estimate of drug-likeness (QED) is 0.311. The van der Waals surface area contributed by atoms with E-state index in [2.05, 4.69) is 5.32 Å². The van der Waals surface area contributed by atoms with Gasteiger partial charge in [-0.3, -0.25) is 0 Å². The molecule has 0 spiro atoms. The molecular weight excluding hydrogens is 509 g/mol. The van der Waals surface area contributed by atoms with Crippen LogP contribution in [0.4, 0.5) is 18.9 Å². The third-order valence-electron chi connectivity index (χ3n) is 5.11. The number of primary sulfonamides is 1. The monoisotopic (exact) mass is 530 g/mol. The molecule has 0 aliphatic heterocycles. The molecule has 0 amide bonds. The van der Waals surface area contributed by atoms with Crippen LogP contribution in [0.15, 0.2) is 70.5 Å². The smallest absolute Gasteiger partial charge is 0.244 e. The lowest BCUT2D eigenvalue weighted by atomic mass is 9.95. The summed E-state index contributed by atoms with van der Waals surface area (Å²) in [6, 6.07) is 14.2. The summed E-state index contributed by atoms with van der Waals surface area (Å²) in [4.78, 5) is -3.43. The van der Waals surface area contributed by atoms with E-state index in [-0.39, 0.29) is 5.56 Å². The van der Waals surface area contributed by atoms with Crippen LogP contribution in [-0.2, 0) is 19.9 Å². The largest absolute Gasteiger partial charge is 0.395 e. The van der Waals surface area contributed by atoms with Crippen molar-refractivity contribution in [3.63, 3.8) is 0 Å². The summed E-state index contributed by atoms with van der Waals surface area (Å²) in [7, 11) is -10.1. The molecule has 3 rings (SSSR count). The molecule has 5 N–H and O–H groups in total. The van der Waals surface area contributed by atoms with Crippen LogP contribution >= 0.6 is 0 Å². The predicted molar refractivity (Wildman–Crippen MR) is 121 cm³/mol. The normalized spacial score (nSPS) is 13.9. The van der Waals surface area contributed by atoms with E-state index >= 15 is 8.78 Å². The summed E-state index contributed by atoms with van der Waals surface area (Å²) in [5, 5.41) is 27.4. The van der Waals surface area contributed by atoms with Gasteiger partial charge in [-0.1, -0.05) is 60.7 Å². The van der Waals surface area contributed by atoms with E-state index in [0.717, 1.165) is 0 Å². The number of hydrogen-bond acceptors (Lipinski definition) is 7. The molecule has 8 nitrogen and oxygen atoms in total. The zero-order valence-electron chi connectivity index (χ0n) is 17.9. The van der Waals surface area contributed by atoms with Crippen LogP contribution in [0.25, 0.3) is 0 Å². The topological polar surface area (TPSA) is 147 Å². The summed E-state index contributed by atoms with van der Waals surface area (Å²) in [6.07, 6.45) is -1.49. The van der Waals surface area contributed by atoms with Gasteiger partial charge in [-0.25, -0.2) is 35.1 Å². The number of sulfone groups is 1. The highest BCUT2D eigenvalue weighted by Crippen LogP contribution is 2.40. The zero-order chi connectivity index (χ0) is 26.0. The van der Waals surface area contributed by atoms with E-state index < -0.39 is 77.3 Å². The van der Waals surface area contributed by atoms with E-state index in [1.54, 1.807) is 36.4 Å². The standard InChI is InChI=1S/C22H21F3N2O6S2/c23-15-16(24)22(34(30,31)12-11-28)19(17(25)21(15)35(26,32)33)27-18(13-7-3-1-4-8-13)20(29)14-9-5-2-6-10-14/h1-10,18,20,27-29H,11-12H2,(H2,26,32,33)/t18-,20+/m0/s1. The van der Waals surface area contributed by atoms with Crippen molar-refractivity contribution in [3.8, 4) is 0 Å². The third kappa shape index (κ3) is 5.49. The van der Waals surface area contributed by atoms with Gasteiger partial charge in [0, 0.05) is 0 Å². The maximum atomic E-state index is 15.4. The van der Waals surface area contributed by atoms with Crippen molar-refractivity contribution < 1.29 is 40.2 Å². The second-order valence-corrected chi connectivity index (χ2v) is 11.0. The van der Waals surface area contributed by atoms with Crippen LogP contribution in [0.3, 0.4) is 0 Å². The molecule has 0 unspecified atom stereocenters. The summed E-state index contributed by atoms with van der Waals surface area (Å²) in [6.45, 7) is -1.02. The molecule has 0 aliphatic carbocycles. The summed E-state index contributed by atoms with van der Waals surface area (Å²) < 4.78 is 94.1. The first kappa shape index (κ1) is 26.6. The summed E-state index contributed by atoms with van der Waals surface area (Å²) in [5.41, 5.74) is -0.691. The predicted octanol–water partition coefficient (Wildman–Crippen LogP) is 2.40. The highest BCUT2D eigenvalue weighted by molar-refractivity contribution is 7.91. The number of anilines is 1. The van der Waals surface area contributed by atoms with Gasteiger partial charge in [0.05, 0.1) is 24.1 Å². The van der Waals surface area contributed by atoms with E-state index in [9.17, 15) is 26.3 Å². The van der Waals surface area contributed by atoms with Crippen molar-refractivity contribution in [3.05, 3.63) is 89.2 Å². The number of hydrogen-bond donors (Lipinski definition) is 4. The van der Waals surface area contributed by atoms with Gasteiger partial charge in [0.2, 0.25) is 10.0 Å². The highest BCUT2D eigenvalue weighted by atomic mass is 32.2. The molecular formula is C22H21F3N2O6S2. The van der Waals surface area contributed by atoms with Crippen molar-refractivity contribution in [2.75, 3.05) is 17.7 Å². The van der Waals surface area contributed by atoms with Crippen molar-refractivity contribution in [2.45, 2.75) is 21.9 Å². The molecule has 0 aromatic heterocycles. The molecule has 188 valence electrons. The summed E-state index contributed by atoms with van der Waals surface area (Å²) in [5.74, 6) is -7.65. The first-order chi connectivity index (χ1) is 16.4. The molecule has 0 bridgehead atoms. The Morgan fingerprint density at radius 2 is 1.29 bits per heavy atom. The van der Waals surface area contributed by atoms with E-state index in [4.69, 9.17) is 10.2 Å². The van der Waals surface area contributed by atoms with Gasteiger partial charge in [0.1, 0.15) is 11.0 Å². The van der Waals surface area contributed by atoms with Crippen LogP contribution in [-0.4, -0.2) is 39.4 Å². The van der Waals surface area contributed by atoms with Gasteiger partial charge in [0.15, 0.2) is 32.2 Å². The maximum Gasteiger partial charge on any atom is 0.244 e. The second kappa shape index (κ2) is 10.3. The fraction of sp³-hybridized carbons (Fsp3) is 0.182. The molecule has 0 heterocycles. The Morgan fingerprint density at radius 3 is 1.77 bits per heavy atom. The maximum absolute atomic E-state index is 15.4. The first-order valence-electron chi connectivity index (χ1n) is 10.0. The molecule has 0 radical (unpaired) electrons. The number of halogens is 3. The first-order valence-corrected chi connectivity index (χ1v) is 13.2. The average Bonchev–Trinajstić information content (AvgIpc) is 2.80. The summed E-state index contributed by atoms with van der Waals surface area (Å²) >= 11 is 0. The van der Waals surface area contributed by atoms with Crippen molar-refractivity contribution in [2.24, 2.45) is 5.14 Å². The van der Waals surface area contributed by atoms with Crippen molar-refractivity contribution in [1.82, 2.24) is 0 Å². The number of aliphatic hydroxyl groups is 2. The van der Waals surface area contributed by atoms with Gasteiger partial charge in [-0.2, -0.15) is 0 Å². The molecule has 0 fully saturated rings. The van der Waals surface area contributed by atoms with Crippen LogP contribution in [0.1, 0.15) is 23.3 Å². The number of benzene rings is 3. The Bertz CT molecular complexity index is 1420. The van der Waals surface area contributed by atoms with Crippen LogP contribution < -0.4 is 10.5 Å². The molecule has 3 aromatic rings. The highest BCUT2D eigenvalue weighted by Gasteiger charge is 2.37.